The van der Waals surface area contributed by atoms with E-state index in [1.165, 1.54) is 0 Å². The first-order valence-electron chi connectivity index (χ1n) is 7.30. The highest BCUT2D eigenvalue weighted by molar-refractivity contribution is 5.97. The number of rotatable bonds is 2. The molecule has 1 amide bonds. The minimum Gasteiger partial charge on any atom is -0.391 e. The Hall–Kier alpha value is -2.60. The SMILES string of the molecule is O=C(c1cc(-c2ccnc3[nH]ccc23)c[nH]1)N1CCC(O)C1.[HH]. The fourth-order valence-corrected chi connectivity index (χ4v) is 2.98. The van der Waals surface area contributed by atoms with E-state index in [0.29, 0.717) is 25.2 Å². The standard InChI is InChI=1S/C16H16N4O2.H2/c21-11-3-6-20(9-11)16(22)14-7-10(8-19-14)12-1-4-17-15-13(12)2-5-18-15;/h1-2,4-5,7-8,11,19,21H,3,6,9H2,(H,17,18);1H. The smallest absolute Gasteiger partial charge is 0.270 e. The molecule has 4 rings (SSSR count). The minimum absolute atomic E-state index is 0. The number of aromatic amines is 2. The van der Waals surface area contributed by atoms with Crippen LogP contribution in [0.3, 0.4) is 0 Å². The summed E-state index contributed by atoms with van der Waals surface area (Å²) in [7, 11) is 0. The van der Waals surface area contributed by atoms with E-state index in [1.54, 1.807) is 11.1 Å². The van der Waals surface area contributed by atoms with Crippen molar-refractivity contribution in [1.29, 1.82) is 0 Å². The molecule has 0 radical (unpaired) electrons. The average molecular weight is 298 g/mol. The zero-order valence-corrected chi connectivity index (χ0v) is 11.9. The highest BCUT2D eigenvalue weighted by Gasteiger charge is 2.26. The van der Waals surface area contributed by atoms with Gasteiger partial charge in [0, 0.05) is 44.1 Å². The summed E-state index contributed by atoms with van der Waals surface area (Å²) in [6.07, 6.45) is 5.68. The maximum Gasteiger partial charge on any atom is 0.270 e. The molecule has 114 valence electrons. The highest BCUT2D eigenvalue weighted by atomic mass is 16.3. The number of aliphatic hydroxyl groups is 1. The Morgan fingerprint density at radius 1 is 1.41 bits per heavy atom. The predicted molar refractivity (Wildman–Crippen MR) is 84.5 cm³/mol. The third-order valence-corrected chi connectivity index (χ3v) is 4.14. The van der Waals surface area contributed by atoms with Gasteiger partial charge in [-0.2, -0.15) is 0 Å². The van der Waals surface area contributed by atoms with Crippen molar-refractivity contribution in [2.45, 2.75) is 12.5 Å². The van der Waals surface area contributed by atoms with E-state index in [-0.39, 0.29) is 7.33 Å². The molecular weight excluding hydrogens is 280 g/mol. The quantitative estimate of drug-likeness (QED) is 0.676. The molecule has 1 fully saturated rings. The van der Waals surface area contributed by atoms with Crippen LogP contribution in [0.1, 0.15) is 18.3 Å². The number of carbonyl (C=O) groups is 1. The van der Waals surface area contributed by atoms with Gasteiger partial charge in [-0.25, -0.2) is 4.98 Å². The lowest BCUT2D eigenvalue weighted by Gasteiger charge is -2.13. The van der Waals surface area contributed by atoms with Crippen LogP contribution in [0.4, 0.5) is 0 Å². The molecule has 0 bridgehead atoms. The van der Waals surface area contributed by atoms with Gasteiger partial charge < -0.3 is 20.0 Å². The van der Waals surface area contributed by atoms with E-state index in [9.17, 15) is 9.90 Å². The monoisotopic (exact) mass is 298 g/mol. The third-order valence-electron chi connectivity index (χ3n) is 4.14. The van der Waals surface area contributed by atoms with Crippen molar-refractivity contribution in [3.8, 4) is 11.1 Å². The normalized spacial score (nSPS) is 18.2. The van der Waals surface area contributed by atoms with E-state index in [0.717, 1.165) is 22.2 Å². The zero-order valence-electron chi connectivity index (χ0n) is 11.9. The van der Waals surface area contributed by atoms with E-state index < -0.39 is 6.10 Å². The predicted octanol–water partition coefficient (Wildman–Crippen LogP) is 2.01. The number of likely N-dealkylation sites (tertiary alicyclic amines) is 1. The average Bonchev–Trinajstić information content (AvgIpc) is 3.26. The number of H-pyrrole nitrogens is 2. The molecule has 0 aliphatic carbocycles. The fourth-order valence-electron chi connectivity index (χ4n) is 2.98. The van der Waals surface area contributed by atoms with Crippen LogP contribution in [-0.4, -0.2) is 50.1 Å². The number of hydrogen-bond acceptors (Lipinski definition) is 3. The van der Waals surface area contributed by atoms with Crippen molar-refractivity contribution in [1.82, 2.24) is 19.9 Å². The molecule has 1 aliphatic rings. The molecule has 1 unspecified atom stereocenters. The molecule has 6 heteroatoms. The minimum atomic E-state index is -0.405. The second-order valence-corrected chi connectivity index (χ2v) is 5.59. The molecule has 0 spiro atoms. The summed E-state index contributed by atoms with van der Waals surface area (Å²) < 4.78 is 0. The van der Waals surface area contributed by atoms with Gasteiger partial charge in [-0.15, -0.1) is 0 Å². The number of amides is 1. The molecule has 3 aromatic heterocycles. The molecule has 22 heavy (non-hydrogen) atoms. The van der Waals surface area contributed by atoms with Gasteiger partial charge in [-0.1, -0.05) is 0 Å². The summed E-state index contributed by atoms with van der Waals surface area (Å²) in [5, 5.41) is 10.6. The van der Waals surface area contributed by atoms with Gasteiger partial charge in [0.1, 0.15) is 11.3 Å². The first kappa shape index (κ1) is 13.1. The number of β-amino-alcohol motifs (C(OH)–C–C–N with tert-alkyl or cyclic N) is 1. The van der Waals surface area contributed by atoms with Crippen molar-refractivity contribution in [3.05, 3.63) is 42.5 Å². The van der Waals surface area contributed by atoms with Crippen molar-refractivity contribution < 1.29 is 11.3 Å². The molecule has 1 aliphatic heterocycles. The number of nitrogens with one attached hydrogen (secondary N) is 2. The molecule has 1 saturated heterocycles. The summed E-state index contributed by atoms with van der Waals surface area (Å²) in [5.41, 5.74) is 3.36. The topological polar surface area (TPSA) is 85.0 Å². The Labute approximate surface area is 128 Å². The van der Waals surface area contributed by atoms with Crippen LogP contribution >= 0.6 is 0 Å². The fraction of sp³-hybridized carbons (Fsp3) is 0.250. The number of aromatic nitrogens is 3. The van der Waals surface area contributed by atoms with Gasteiger partial charge in [0.25, 0.3) is 5.91 Å². The lowest BCUT2D eigenvalue weighted by Crippen LogP contribution is -2.29. The maximum atomic E-state index is 12.4. The number of nitrogens with zero attached hydrogens (tertiary/aromatic N) is 2. The van der Waals surface area contributed by atoms with Crippen molar-refractivity contribution in [2.24, 2.45) is 0 Å². The second kappa shape index (κ2) is 4.99. The Morgan fingerprint density at radius 2 is 2.32 bits per heavy atom. The Bertz CT molecular complexity index is 841. The van der Waals surface area contributed by atoms with Crippen LogP contribution < -0.4 is 0 Å². The molecule has 1 atom stereocenters. The van der Waals surface area contributed by atoms with Crippen LogP contribution in [0.5, 0.6) is 0 Å². The van der Waals surface area contributed by atoms with Gasteiger partial charge in [0.05, 0.1) is 6.10 Å². The molecule has 4 heterocycles. The lowest BCUT2D eigenvalue weighted by molar-refractivity contribution is 0.0760. The van der Waals surface area contributed by atoms with Crippen LogP contribution in [0.15, 0.2) is 36.8 Å². The first-order valence-corrected chi connectivity index (χ1v) is 7.30. The Morgan fingerprint density at radius 3 is 3.14 bits per heavy atom. The van der Waals surface area contributed by atoms with Crippen molar-refractivity contribution in [2.75, 3.05) is 13.1 Å². The molecule has 3 aromatic rings. The summed E-state index contributed by atoms with van der Waals surface area (Å²) in [5.74, 6) is -0.0674. The van der Waals surface area contributed by atoms with Gasteiger partial charge in [0.15, 0.2) is 0 Å². The maximum absolute atomic E-state index is 12.4. The van der Waals surface area contributed by atoms with Crippen LogP contribution in [0, 0.1) is 0 Å². The van der Waals surface area contributed by atoms with Crippen LogP contribution in [0.2, 0.25) is 0 Å². The highest BCUT2D eigenvalue weighted by Crippen LogP contribution is 2.28. The Kier molecular flexibility index (Phi) is 2.97. The van der Waals surface area contributed by atoms with Gasteiger partial charge >= 0.3 is 0 Å². The molecule has 6 nitrogen and oxygen atoms in total. The van der Waals surface area contributed by atoms with Crippen molar-refractivity contribution >= 4 is 16.9 Å². The van der Waals surface area contributed by atoms with E-state index >= 15 is 0 Å². The third kappa shape index (κ3) is 2.08. The van der Waals surface area contributed by atoms with Crippen LogP contribution in [0.25, 0.3) is 22.2 Å². The van der Waals surface area contributed by atoms with E-state index in [2.05, 4.69) is 15.0 Å². The van der Waals surface area contributed by atoms with Gasteiger partial charge in [0.2, 0.25) is 0 Å². The zero-order chi connectivity index (χ0) is 15.1. The molecule has 3 N–H and O–H groups in total. The van der Waals surface area contributed by atoms with E-state index in [1.807, 2.05) is 30.6 Å². The largest absolute Gasteiger partial charge is 0.391 e. The molecule has 0 aromatic carbocycles. The van der Waals surface area contributed by atoms with Crippen molar-refractivity contribution in [3.63, 3.8) is 0 Å². The van der Waals surface area contributed by atoms with Gasteiger partial charge in [-0.3, -0.25) is 4.79 Å². The number of aliphatic hydroxyl groups excluding tert-OH is 1. The second-order valence-electron chi connectivity index (χ2n) is 5.59. The summed E-state index contributed by atoms with van der Waals surface area (Å²) in [6.45, 7) is 1.01. The number of hydrogen-bond donors (Lipinski definition) is 3. The van der Waals surface area contributed by atoms with Gasteiger partial charge in [-0.05, 0) is 30.2 Å². The molecular formula is C16H18N4O2. The number of carbonyl (C=O) groups excluding carboxylic acids is 1. The molecule has 0 saturated carbocycles. The number of fused-ring (bicyclic) bond motifs is 1. The summed E-state index contributed by atoms with van der Waals surface area (Å²) in [6, 6.07) is 5.77. The van der Waals surface area contributed by atoms with Crippen LogP contribution in [-0.2, 0) is 0 Å². The summed E-state index contributed by atoms with van der Waals surface area (Å²) in [4.78, 5) is 24.5. The Balaban J connectivity index is 0.00000156. The lowest BCUT2D eigenvalue weighted by atomic mass is 10.1. The number of pyridine rings is 1. The summed E-state index contributed by atoms with van der Waals surface area (Å²) >= 11 is 0. The first-order chi connectivity index (χ1) is 10.7. The van der Waals surface area contributed by atoms with E-state index in [4.69, 9.17) is 0 Å².